The van der Waals surface area contributed by atoms with Gasteiger partial charge in [0.1, 0.15) is 17.2 Å². The SMILES string of the molecule is Cc1cc(C)cc(-c2ncc(-c3ccc(F)c(Cl)c3)c3c(N)c(N)oc23)c1. The third kappa shape index (κ3) is 2.90. The molecule has 4 rings (SSSR count). The van der Waals surface area contributed by atoms with E-state index in [-0.39, 0.29) is 10.9 Å². The number of nitrogen functional groups attached to an aromatic ring is 2. The maximum atomic E-state index is 13.6. The summed E-state index contributed by atoms with van der Waals surface area (Å²) in [7, 11) is 0. The summed E-state index contributed by atoms with van der Waals surface area (Å²) in [5.74, 6) is -0.366. The lowest BCUT2D eigenvalue weighted by atomic mass is 9.99. The minimum absolute atomic E-state index is 0.0223. The van der Waals surface area contributed by atoms with Crippen molar-refractivity contribution in [3.63, 3.8) is 0 Å². The van der Waals surface area contributed by atoms with E-state index < -0.39 is 5.82 Å². The van der Waals surface area contributed by atoms with Crippen molar-refractivity contribution < 1.29 is 8.81 Å². The molecule has 2 aromatic heterocycles. The van der Waals surface area contributed by atoms with E-state index in [4.69, 9.17) is 27.5 Å². The number of anilines is 2. The van der Waals surface area contributed by atoms with E-state index in [0.717, 1.165) is 16.7 Å². The van der Waals surface area contributed by atoms with Crippen molar-refractivity contribution in [2.45, 2.75) is 13.8 Å². The van der Waals surface area contributed by atoms with Gasteiger partial charge in [-0.1, -0.05) is 34.9 Å². The zero-order valence-electron chi connectivity index (χ0n) is 14.8. The number of furan rings is 1. The molecule has 0 saturated carbocycles. The van der Waals surface area contributed by atoms with E-state index in [1.807, 2.05) is 26.0 Å². The van der Waals surface area contributed by atoms with E-state index >= 15 is 0 Å². The van der Waals surface area contributed by atoms with Crippen LogP contribution in [0.15, 0.2) is 47.0 Å². The number of aromatic nitrogens is 1. The highest BCUT2D eigenvalue weighted by atomic mass is 35.5. The number of nitrogens with two attached hydrogens (primary N) is 2. The lowest BCUT2D eigenvalue weighted by Crippen LogP contribution is -1.93. The molecule has 6 heteroatoms. The molecule has 0 atom stereocenters. The molecule has 0 aliphatic rings. The molecule has 0 spiro atoms. The quantitative estimate of drug-likeness (QED) is 0.464. The van der Waals surface area contributed by atoms with Crippen molar-refractivity contribution in [1.82, 2.24) is 4.98 Å². The molecule has 0 unspecified atom stereocenters. The molecule has 0 aliphatic heterocycles. The van der Waals surface area contributed by atoms with Crippen LogP contribution in [-0.2, 0) is 0 Å². The average molecular weight is 382 g/mol. The summed E-state index contributed by atoms with van der Waals surface area (Å²) in [4.78, 5) is 4.60. The number of rotatable bonds is 2. The largest absolute Gasteiger partial charge is 0.436 e. The van der Waals surface area contributed by atoms with Gasteiger partial charge in [-0.2, -0.15) is 0 Å². The van der Waals surface area contributed by atoms with Crippen molar-refractivity contribution in [2.75, 3.05) is 11.5 Å². The Balaban J connectivity index is 2.03. The van der Waals surface area contributed by atoms with E-state index in [1.54, 1.807) is 12.3 Å². The van der Waals surface area contributed by atoms with Crippen molar-refractivity contribution >= 4 is 34.1 Å². The Morgan fingerprint density at radius 1 is 1.00 bits per heavy atom. The second-order valence-corrected chi connectivity index (χ2v) is 7.02. The van der Waals surface area contributed by atoms with E-state index in [9.17, 15) is 4.39 Å². The van der Waals surface area contributed by atoms with Gasteiger partial charge in [-0.3, -0.25) is 4.98 Å². The number of halogens is 2. The van der Waals surface area contributed by atoms with Crippen LogP contribution in [0.1, 0.15) is 11.1 Å². The van der Waals surface area contributed by atoms with E-state index in [2.05, 4.69) is 11.1 Å². The van der Waals surface area contributed by atoms with Crippen molar-refractivity contribution in [3.05, 3.63) is 64.6 Å². The summed E-state index contributed by atoms with van der Waals surface area (Å²) in [6, 6.07) is 10.6. The fraction of sp³-hybridized carbons (Fsp3) is 0.0952. The van der Waals surface area contributed by atoms with Gasteiger partial charge in [0.05, 0.1) is 10.4 Å². The second kappa shape index (κ2) is 6.28. The number of benzene rings is 2. The van der Waals surface area contributed by atoms with Crippen molar-refractivity contribution in [2.24, 2.45) is 0 Å². The molecule has 27 heavy (non-hydrogen) atoms. The molecule has 136 valence electrons. The van der Waals surface area contributed by atoms with Crippen LogP contribution < -0.4 is 11.5 Å². The van der Waals surface area contributed by atoms with Crippen LogP contribution >= 0.6 is 11.6 Å². The molecule has 0 radical (unpaired) electrons. The fourth-order valence-electron chi connectivity index (χ4n) is 3.35. The Morgan fingerprint density at radius 3 is 2.37 bits per heavy atom. The zero-order chi connectivity index (χ0) is 19.3. The first-order chi connectivity index (χ1) is 12.8. The molecule has 0 fully saturated rings. The molecule has 4 nitrogen and oxygen atoms in total. The predicted octanol–water partition coefficient (Wildman–Crippen LogP) is 5.74. The molecule has 2 aromatic carbocycles. The number of fused-ring (bicyclic) bond motifs is 1. The number of nitrogens with zero attached hydrogens (tertiary/aromatic N) is 1. The standard InChI is InChI=1S/C21H17ClFN3O/c1-10-5-11(2)7-13(6-10)19-20-17(18(24)21(25)27-20)14(9-26-19)12-3-4-16(23)15(22)8-12/h3-9H,24-25H2,1-2H3. The Hall–Kier alpha value is -3.05. The third-order valence-electron chi connectivity index (χ3n) is 4.51. The van der Waals surface area contributed by atoms with Crippen LogP contribution in [-0.4, -0.2) is 4.98 Å². The summed E-state index contributed by atoms with van der Waals surface area (Å²) in [6.07, 6.45) is 1.68. The van der Waals surface area contributed by atoms with E-state index in [0.29, 0.717) is 33.5 Å². The summed E-state index contributed by atoms with van der Waals surface area (Å²) in [5.41, 5.74) is 18.1. The maximum Gasteiger partial charge on any atom is 0.215 e. The predicted molar refractivity (Wildman–Crippen MR) is 108 cm³/mol. The molecular formula is C21H17ClFN3O. The Bertz CT molecular complexity index is 1180. The number of hydrogen-bond donors (Lipinski definition) is 2. The van der Waals surface area contributed by atoms with Crippen molar-refractivity contribution in [3.8, 4) is 22.4 Å². The number of hydrogen-bond acceptors (Lipinski definition) is 4. The van der Waals surface area contributed by atoms with Gasteiger partial charge in [-0.15, -0.1) is 0 Å². The van der Waals surface area contributed by atoms with Crippen LogP contribution in [0.25, 0.3) is 33.4 Å². The van der Waals surface area contributed by atoms with Gasteiger partial charge in [0, 0.05) is 17.3 Å². The van der Waals surface area contributed by atoms with Gasteiger partial charge >= 0.3 is 0 Å². The highest BCUT2D eigenvalue weighted by Gasteiger charge is 2.20. The molecule has 2 heterocycles. The molecule has 0 aliphatic carbocycles. The lowest BCUT2D eigenvalue weighted by Gasteiger charge is -2.09. The molecule has 0 bridgehead atoms. The monoisotopic (exact) mass is 381 g/mol. The molecular weight excluding hydrogens is 365 g/mol. The summed E-state index contributed by atoms with van der Waals surface area (Å²) >= 11 is 5.95. The Kier molecular flexibility index (Phi) is 4.04. The fourth-order valence-corrected chi connectivity index (χ4v) is 3.53. The smallest absolute Gasteiger partial charge is 0.215 e. The van der Waals surface area contributed by atoms with Gasteiger partial charge in [-0.05, 0) is 43.7 Å². The maximum absolute atomic E-state index is 13.6. The van der Waals surface area contributed by atoms with Gasteiger partial charge in [0.2, 0.25) is 5.88 Å². The first kappa shape index (κ1) is 17.4. The Labute approximate surface area is 160 Å². The third-order valence-corrected chi connectivity index (χ3v) is 4.80. The molecule has 4 aromatic rings. The van der Waals surface area contributed by atoms with Crippen LogP contribution in [0.5, 0.6) is 0 Å². The van der Waals surface area contributed by atoms with Gasteiger partial charge < -0.3 is 15.9 Å². The first-order valence-corrected chi connectivity index (χ1v) is 8.73. The summed E-state index contributed by atoms with van der Waals surface area (Å²) in [6.45, 7) is 4.04. The van der Waals surface area contributed by atoms with Crippen LogP contribution in [0, 0.1) is 19.7 Å². The number of aryl methyl sites for hydroxylation is 2. The number of pyridine rings is 1. The highest BCUT2D eigenvalue weighted by Crippen LogP contribution is 2.42. The summed E-state index contributed by atoms with van der Waals surface area (Å²) < 4.78 is 19.3. The normalized spacial score (nSPS) is 11.3. The van der Waals surface area contributed by atoms with Gasteiger partial charge in [-0.25, -0.2) is 4.39 Å². The lowest BCUT2D eigenvalue weighted by molar-refractivity contribution is 0.628. The topological polar surface area (TPSA) is 78.1 Å². The molecule has 4 N–H and O–H groups in total. The molecule has 0 saturated heterocycles. The molecule has 0 amide bonds. The minimum atomic E-state index is -0.490. The Morgan fingerprint density at radius 2 is 1.70 bits per heavy atom. The summed E-state index contributed by atoms with van der Waals surface area (Å²) in [5, 5.41) is 0.661. The first-order valence-electron chi connectivity index (χ1n) is 8.35. The van der Waals surface area contributed by atoms with Crippen molar-refractivity contribution in [1.29, 1.82) is 0 Å². The van der Waals surface area contributed by atoms with Crippen LogP contribution in [0.3, 0.4) is 0 Å². The minimum Gasteiger partial charge on any atom is -0.436 e. The highest BCUT2D eigenvalue weighted by molar-refractivity contribution is 6.31. The average Bonchev–Trinajstić information content (AvgIpc) is 2.91. The van der Waals surface area contributed by atoms with Crippen LogP contribution in [0.2, 0.25) is 5.02 Å². The van der Waals surface area contributed by atoms with Gasteiger partial charge in [0.25, 0.3) is 0 Å². The van der Waals surface area contributed by atoms with E-state index in [1.165, 1.54) is 12.1 Å². The zero-order valence-corrected chi connectivity index (χ0v) is 15.6. The van der Waals surface area contributed by atoms with Crippen LogP contribution in [0.4, 0.5) is 16.0 Å². The van der Waals surface area contributed by atoms with Gasteiger partial charge in [0.15, 0.2) is 5.58 Å². The second-order valence-electron chi connectivity index (χ2n) is 6.61.